The van der Waals surface area contributed by atoms with Crippen LogP contribution in [-0.4, -0.2) is 24.5 Å². The summed E-state index contributed by atoms with van der Waals surface area (Å²) in [5.74, 6) is 1.05. The van der Waals surface area contributed by atoms with Crippen molar-refractivity contribution in [1.82, 2.24) is 4.90 Å². The molecule has 2 N–H and O–H groups in total. The Morgan fingerprint density at radius 1 is 1.00 bits per heavy atom. The van der Waals surface area contributed by atoms with Gasteiger partial charge in [-0.3, -0.25) is 4.90 Å². The zero-order chi connectivity index (χ0) is 15.6. The average Bonchev–Trinajstić information content (AvgIpc) is 3.20. The molecule has 0 unspecified atom stereocenters. The van der Waals surface area contributed by atoms with E-state index in [2.05, 4.69) is 47.4 Å². The zero-order valence-electron chi connectivity index (χ0n) is 13.6. The van der Waals surface area contributed by atoms with Gasteiger partial charge in [-0.05, 0) is 24.1 Å². The molecule has 3 aromatic rings. The van der Waals surface area contributed by atoms with E-state index in [9.17, 15) is 0 Å². The van der Waals surface area contributed by atoms with Gasteiger partial charge >= 0.3 is 0 Å². The van der Waals surface area contributed by atoms with Crippen LogP contribution in [0.25, 0.3) is 11.0 Å². The van der Waals surface area contributed by atoms with Crippen molar-refractivity contribution in [2.24, 2.45) is 11.7 Å². The first kappa shape index (κ1) is 17.0. The topological polar surface area (TPSA) is 42.4 Å². The van der Waals surface area contributed by atoms with Crippen molar-refractivity contribution < 1.29 is 4.42 Å². The molecule has 1 fully saturated rings. The summed E-state index contributed by atoms with van der Waals surface area (Å²) >= 11 is 0. The van der Waals surface area contributed by atoms with E-state index >= 15 is 0 Å². The number of nitrogens with zero attached hydrogens (tertiary/aromatic N) is 1. The van der Waals surface area contributed by atoms with Crippen LogP contribution in [0.4, 0.5) is 0 Å². The van der Waals surface area contributed by atoms with Crippen molar-refractivity contribution in [3.8, 4) is 0 Å². The summed E-state index contributed by atoms with van der Waals surface area (Å²) in [6.45, 7) is 3.78. The van der Waals surface area contributed by atoms with Gasteiger partial charge in [-0.1, -0.05) is 48.5 Å². The molecule has 4 heteroatoms. The summed E-state index contributed by atoms with van der Waals surface area (Å²) < 4.78 is 5.67. The molecule has 0 aliphatic carbocycles. The van der Waals surface area contributed by atoms with E-state index in [1.165, 1.54) is 16.5 Å². The maximum atomic E-state index is 6.04. The van der Waals surface area contributed by atoms with Crippen LogP contribution in [0.5, 0.6) is 0 Å². The van der Waals surface area contributed by atoms with Crippen molar-refractivity contribution in [3.63, 3.8) is 0 Å². The number of rotatable bonds is 4. The fraction of sp³-hybridized carbons (Fsp3) is 0.300. The fourth-order valence-electron chi connectivity index (χ4n) is 3.80. The number of likely N-dealkylation sites (tertiary alicyclic amines) is 1. The summed E-state index contributed by atoms with van der Waals surface area (Å²) in [6.07, 6.45) is 1.90. The first-order valence-electron chi connectivity index (χ1n) is 8.27. The largest absolute Gasteiger partial charge is 0.464 e. The molecule has 1 saturated heterocycles. The second-order valence-corrected chi connectivity index (χ2v) is 6.46. The van der Waals surface area contributed by atoms with Crippen molar-refractivity contribution >= 4 is 23.4 Å². The number of benzene rings is 2. The number of hydrogen-bond acceptors (Lipinski definition) is 3. The Balaban J connectivity index is 0.00000169. The first-order chi connectivity index (χ1) is 11.3. The van der Waals surface area contributed by atoms with Gasteiger partial charge in [0.25, 0.3) is 0 Å². The molecule has 3 nitrogen and oxygen atoms in total. The normalized spacial score (nSPS) is 21.0. The van der Waals surface area contributed by atoms with Crippen molar-refractivity contribution in [3.05, 3.63) is 72.0 Å². The van der Waals surface area contributed by atoms with Gasteiger partial charge < -0.3 is 10.2 Å². The number of furan rings is 1. The molecule has 4 rings (SSSR count). The van der Waals surface area contributed by atoms with Gasteiger partial charge in [0.15, 0.2) is 0 Å². The molecule has 0 radical (unpaired) electrons. The highest BCUT2D eigenvalue weighted by atomic mass is 35.5. The second kappa shape index (κ2) is 7.39. The van der Waals surface area contributed by atoms with Gasteiger partial charge in [-0.2, -0.15) is 0 Å². The number of halogens is 1. The third-order valence-corrected chi connectivity index (χ3v) is 5.00. The molecule has 2 heterocycles. The van der Waals surface area contributed by atoms with Gasteiger partial charge in [0.05, 0.1) is 6.26 Å². The minimum absolute atomic E-state index is 0. The molecule has 0 amide bonds. The van der Waals surface area contributed by atoms with E-state index < -0.39 is 0 Å². The van der Waals surface area contributed by atoms with Crippen LogP contribution in [0.1, 0.15) is 17.0 Å². The lowest BCUT2D eigenvalue weighted by Gasteiger charge is -2.16. The summed E-state index contributed by atoms with van der Waals surface area (Å²) in [5.41, 5.74) is 9.69. The van der Waals surface area contributed by atoms with Crippen LogP contribution in [0.2, 0.25) is 0 Å². The Labute approximate surface area is 148 Å². The summed E-state index contributed by atoms with van der Waals surface area (Å²) in [5, 5.41) is 1.22. The van der Waals surface area contributed by atoms with E-state index in [0.717, 1.165) is 31.8 Å². The van der Waals surface area contributed by atoms with E-state index in [1.807, 2.05) is 18.4 Å². The van der Waals surface area contributed by atoms with Crippen molar-refractivity contribution in [2.75, 3.05) is 19.6 Å². The number of fused-ring (bicyclic) bond motifs is 1. The molecular formula is C20H23ClN2O. The van der Waals surface area contributed by atoms with Gasteiger partial charge in [0, 0.05) is 36.5 Å². The Morgan fingerprint density at radius 2 is 1.75 bits per heavy atom. The molecule has 1 aromatic heterocycles. The maximum absolute atomic E-state index is 6.04. The van der Waals surface area contributed by atoms with Gasteiger partial charge in [-0.25, -0.2) is 0 Å². The summed E-state index contributed by atoms with van der Waals surface area (Å²) in [6, 6.07) is 19.0. The highest BCUT2D eigenvalue weighted by Crippen LogP contribution is 2.33. The maximum Gasteiger partial charge on any atom is 0.134 e. The quantitative estimate of drug-likeness (QED) is 0.778. The smallest absolute Gasteiger partial charge is 0.134 e. The first-order valence-corrected chi connectivity index (χ1v) is 8.27. The molecule has 0 saturated carbocycles. The number of hydrogen-bond donors (Lipinski definition) is 1. The highest BCUT2D eigenvalue weighted by Gasteiger charge is 2.33. The van der Waals surface area contributed by atoms with Crippen LogP contribution in [-0.2, 0) is 6.54 Å². The Bertz CT molecular complexity index is 786. The molecule has 2 aromatic carbocycles. The Kier molecular flexibility index (Phi) is 5.24. The van der Waals surface area contributed by atoms with Crippen LogP contribution >= 0.6 is 12.4 Å². The lowest BCUT2D eigenvalue weighted by atomic mass is 9.89. The number of para-hydroxylation sites is 1. The van der Waals surface area contributed by atoms with Gasteiger partial charge in [-0.15, -0.1) is 12.4 Å². The minimum atomic E-state index is 0. The molecule has 0 spiro atoms. The number of nitrogens with two attached hydrogens (primary N) is 1. The van der Waals surface area contributed by atoms with Crippen LogP contribution in [0, 0.1) is 5.92 Å². The highest BCUT2D eigenvalue weighted by molar-refractivity contribution is 5.85. The molecular weight excluding hydrogens is 320 g/mol. The lowest BCUT2D eigenvalue weighted by molar-refractivity contribution is 0.316. The molecule has 1 aliphatic rings. The molecule has 0 bridgehead atoms. The standard InChI is InChI=1S/C20H22N2O.ClH/c21-10-16-11-22(13-19(16)15-6-2-1-3-7-15)12-17-14-23-20-9-5-4-8-18(17)20;/h1-9,14,16,19H,10-13,21H2;1H/t16-,19+;/m1./s1. The van der Waals surface area contributed by atoms with Crippen molar-refractivity contribution in [1.29, 1.82) is 0 Å². The third kappa shape index (κ3) is 3.20. The van der Waals surface area contributed by atoms with E-state index in [0.29, 0.717) is 11.8 Å². The Hall–Kier alpha value is -1.81. The molecule has 126 valence electrons. The summed E-state index contributed by atoms with van der Waals surface area (Å²) in [4.78, 5) is 2.51. The van der Waals surface area contributed by atoms with E-state index in [1.54, 1.807) is 0 Å². The summed E-state index contributed by atoms with van der Waals surface area (Å²) in [7, 11) is 0. The molecule has 1 aliphatic heterocycles. The predicted octanol–water partition coefficient (Wildman–Crippen LogP) is 4.03. The fourth-order valence-corrected chi connectivity index (χ4v) is 3.80. The van der Waals surface area contributed by atoms with Gasteiger partial charge in [0.2, 0.25) is 0 Å². The monoisotopic (exact) mass is 342 g/mol. The van der Waals surface area contributed by atoms with Gasteiger partial charge in [0.1, 0.15) is 5.58 Å². The minimum Gasteiger partial charge on any atom is -0.464 e. The van der Waals surface area contributed by atoms with Crippen LogP contribution in [0.15, 0.2) is 65.3 Å². The van der Waals surface area contributed by atoms with Crippen LogP contribution in [0.3, 0.4) is 0 Å². The van der Waals surface area contributed by atoms with E-state index in [4.69, 9.17) is 10.2 Å². The van der Waals surface area contributed by atoms with Crippen molar-refractivity contribution in [2.45, 2.75) is 12.5 Å². The second-order valence-electron chi connectivity index (χ2n) is 6.46. The SMILES string of the molecule is Cl.NC[C@@H]1CN(Cc2coc3ccccc23)C[C@H]1c1ccccc1. The van der Waals surface area contributed by atoms with Crippen LogP contribution < -0.4 is 5.73 Å². The Morgan fingerprint density at radius 3 is 2.54 bits per heavy atom. The lowest BCUT2D eigenvalue weighted by Crippen LogP contribution is -2.23. The zero-order valence-corrected chi connectivity index (χ0v) is 14.4. The van der Waals surface area contributed by atoms with E-state index in [-0.39, 0.29) is 12.4 Å². The molecule has 2 atom stereocenters. The molecule has 24 heavy (non-hydrogen) atoms. The average molecular weight is 343 g/mol. The third-order valence-electron chi connectivity index (χ3n) is 5.00. The predicted molar refractivity (Wildman–Crippen MR) is 100 cm³/mol.